The minimum Gasteiger partial charge on any atom is -0.325 e. The van der Waals surface area contributed by atoms with Crippen molar-refractivity contribution in [3.63, 3.8) is 0 Å². The molecule has 1 nitrogen and oxygen atoms in total. The van der Waals surface area contributed by atoms with Crippen molar-refractivity contribution in [2.75, 3.05) is 6.54 Å². The highest BCUT2D eigenvalue weighted by atomic mass is 35.5. The van der Waals surface area contributed by atoms with Crippen LogP contribution in [0.25, 0.3) is 0 Å². The molecule has 0 heterocycles. The first-order valence-corrected chi connectivity index (χ1v) is 4.13. The van der Waals surface area contributed by atoms with Crippen molar-refractivity contribution >= 4 is 12.4 Å². The summed E-state index contributed by atoms with van der Waals surface area (Å²) in [5.74, 6) is -2.90. The van der Waals surface area contributed by atoms with Crippen LogP contribution in [0.2, 0.25) is 0 Å². The molecule has 4 heteroatoms. The van der Waals surface area contributed by atoms with Crippen LogP contribution in [-0.2, 0) is 5.92 Å². The summed E-state index contributed by atoms with van der Waals surface area (Å²) >= 11 is 0. The van der Waals surface area contributed by atoms with E-state index >= 15 is 0 Å². The molecule has 0 aliphatic carbocycles. The first-order chi connectivity index (χ1) is 5.97. The average Bonchev–Trinajstić information content (AvgIpc) is 2.03. The predicted molar refractivity (Wildman–Crippen MR) is 56.1 cm³/mol. The average molecular weight is 222 g/mol. The Balaban J connectivity index is 0.00000169. The highest BCUT2D eigenvalue weighted by Gasteiger charge is 2.30. The van der Waals surface area contributed by atoms with Crippen LogP contribution in [0.15, 0.2) is 18.2 Å². The Bertz CT molecular complexity index is 313. The molecule has 0 fully saturated rings. The molecule has 0 radical (unpaired) electrons. The molecule has 0 aliphatic heterocycles. The van der Waals surface area contributed by atoms with Gasteiger partial charge in [0.05, 0.1) is 6.54 Å². The minimum absolute atomic E-state index is 0. The number of hydrogen-bond donors (Lipinski definition) is 1. The molecule has 0 spiro atoms. The van der Waals surface area contributed by atoms with Crippen LogP contribution in [0.4, 0.5) is 8.78 Å². The lowest BCUT2D eigenvalue weighted by atomic mass is 10.0. The fourth-order valence-corrected chi connectivity index (χ4v) is 1.33. The molecule has 1 aromatic rings. The summed E-state index contributed by atoms with van der Waals surface area (Å²) < 4.78 is 26.3. The zero-order chi connectivity index (χ0) is 10.1. The van der Waals surface area contributed by atoms with Gasteiger partial charge in [0, 0.05) is 5.56 Å². The van der Waals surface area contributed by atoms with Crippen LogP contribution in [0, 0.1) is 13.8 Å². The lowest BCUT2D eigenvalue weighted by molar-refractivity contribution is 0.00532. The van der Waals surface area contributed by atoms with Crippen LogP contribution < -0.4 is 5.73 Å². The number of alkyl halides is 2. The highest BCUT2D eigenvalue weighted by Crippen LogP contribution is 2.29. The Morgan fingerprint density at radius 2 is 1.86 bits per heavy atom. The van der Waals surface area contributed by atoms with E-state index in [-0.39, 0.29) is 18.0 Å². The fraction of sp³-hybridized carbons (Fsp3) is 0.400. The largest absolute Gasteiger partial charge is 0.325 e. The highest BCUT2D eigenvalue weighted by molar-refractivity contribution is 5.85. The summed E-state index contributed by atoms with van der Waals surface area (Å²) in [6.45, 7) is 2.90. The number of rotatable bonds is 2. The number of nitrogens with two attached hydrogens (primary N) is 1. The third-order valence-corrected chi connectivity index (χ3v) is 2.03. The molecule has 0 saturated heterocycles. The van der Waals surface area contributed by atoms with E-state index in [9.17, 15) is 8.78 Å². The van der Waals surface area contributed by atoms with Gasteiger partial charge < -0.3 is 5.73 Å². The second-order valence-corrected chi connectivity index (χ2v) is 3.23. The third-order valence-electron chi connectivity index (χ3n) is 2.03. The van der Waals surface area contributed by atoms with Gasteiger partial charge in [-0.1, -0.05) is 23.8 Å². The summed E-state index contributed by atoms with van der Waals surface area (Å²) in [6, 6.07) is 4.85. The lowest BCUT2D eigenvalue weighted by Gasteiger charge is -2.16. The molecule has 1 rings (SSSR count). The zero-order valence-corrected chi connectivity index (χ0v) is 9.00. The number of benzene rings is 1. The van der Waals surface area contributed by atoms with E-state index in [1.165, 1.54) is 6.07 Å². The molecular formula is C10H14ClF2N. The second kappa shape index (κ2) is 4.71. The van der Waals surface area contributed by atoms with E-state index in [0.29, 0.717) is 5.56 Å². The fourth-order valence-electron chi connectivity index (χ4n) is 1.33. The first kappa shape index (κ1) is 13.3. The van der Waals surface area contributed by atoms with Crippen LogP contribution in [0.1, 0.15) is 16.7 Å². The van der Waals surface area contributed by atoms with Gasteiger partial charge in [-0.2, -0.15) is 8.78 Å². The summed E-state index contributed by atoms with van der Waals surface area (Å²) in [5, 5.41) is 0. The van der Waals surface area contributed by atoms with Crippen LogP contribution in [0.5, 0.6) is 0 Å². The van der Waals surface area contributed by atoms with Gasteiger partial charge >= 0.3 is 0 Å². The van der Waals surface area contributed by atoms with Gasteiger partial charge in [0.15, 0.2) is 0 Å². The van der Waals surface area contributed by atoms with Gasteiger partial charge in [0.25, 0.3) is 5.92 Å². The maximum atomic E-state index is 13.2. The van der Waals surface area contributed by atoms with E-state index in [2.05, 4.69) is 0 Å². The molecule has 0 atom stereocenters. The molecule has 0 amide bonds. The summed E-state index contributed by atoms with van der Waals surface area (Å²) in [4.78, 5) is 0. The van der Waals surface area contributed by atoms with Crippen molar-refractivity contribution in [1.29, 1.82) is 0 Å². The maximum Gasteiger partial charge on any atom is 0.285 e. The molecular weight excluding hydrogens is 208 g/mol. The molecule has 2 N–H and O–H groups in total. The van der Waals surface area contributed by atoms with Gasteiger partial charge in [-0.3, -0.25) is 0 Å². The smallest absolute Gasteiger partial charge is 0.285 e. The van der Waals surface area contributed by atoms with E-state index in [1.807, 2.05) is 6.92 Å². The van der Waals surface area contributed by atoms with E-state index < -0.39 is 12.5 Å². The van der Waals surface area contributed by atoms with Crippen LogP contribution >= 0.6 is 12.4 Å². The summed E-state index contributed by atoms with van der Waals surface area (Å²) in [6.07, 6.45) is 0. The molecule has 0 bridgehead atoms. The monoisotopic (exact) mass is 221 g/mol. The Kier molecular flexibility index (Phi) is 4.49. The molecule has 14 heavy (non-hydrogen) atoms. The Hall–Kier alpha value is -0.670. The standard InChI is InChI=1S/C10H13F2N.ClH/c1-7-3-4-9(8(2)5-7)10(11,12)6-13;/h3-5H,6,13H2,1-2H3;1H. The quantitative estimate of drug-likeness (QED) is 0.817. The van der Waals surface area contributed by atoms with E-state index in [4.69, 9.17) is 5.73 Å². The van der Waals surface area contributed by atoms with Gasteiger partial charge in [-0.25, -0.2) is 0 Å². The van der Waals surface area contributed by atoms with E-state index in [1.54, 1.807) is 19.1 Å². The van der Waals surface area contributed by atoms with Crippen LogP contribution in [-0.4, -0.2) is 6.54 Å². The Morgan fingerprint density at radius 1 is 1.29 bits per heavy atom. The third kappa shape index (κ3) is 2.66. The lowest BCUT2D eigenvalue weighted by Crippen LogP contribution is -2.26. The Morgan fingerprint density at radius 3 is 2.29 bits per heavy atom. The normalized spacial score (nSPS) is 10.9. The zero-order valence-electron chi connectivity index (χ0n) is 8.18. The van der Waals surface area contributed by atoms with Crippen molar-refractivity contribution in [1.82, 2.24) is 0 Å². The van der Waals surface area contributed by atoms with Crippen molar-refractivity contribution < 1.29 is 8.78 Å². The Labute approximate surface area is 88.7 Å². The van der Waals surface area contributed by atoms with Crippen molar-refractivity contribution in [2.45, 2.75) is 19.8 Å². The van der Waals surface area contributed by atoms with Gasteiger partial charge in [0.1, 0.15) is 0 Å². The van der Waals surface area contributed by atoms with Crippen LogP contribution in [0.3, 0.4) is 0 Å². The van der Waals surface area contributed by atoms with Gasteiger partial charge in [-0.05, 0) is 19.4 Å². The minimum atomic E-state index is -2.90. The van der Waals surface area contributed by atoms with Crippen molar-refractivity contribution in [2.24, 2.45) is 5.73 Å². The summed E-state index contributed by atoms with van der Waals surface area (Å²) in [5.41, 5.74) is 6.60. The summed E-state index contributed by atoms with van der Waals surface area (Å²) in [7, 11) is 0. The van der Waals surface area contributed by atoms with Crippen molar-refractivity contribution in [3.8, 4) is 0 Å². The first-order valence-electron chi connectivity index (χ1n) is 4.13. The molecule has 0 saturated carbocycles. The maximum absolute atomic E-state index is 13.2. The number of halogens is 3. The molecule has 0 aromatic heterocycles. The number of aryl methyl sites for hydroxylation is 2. The SMILES string of the molecule is Cc1ccc(C(F)(F)CN)c(C)c1.Cl. The molecule has 0 unspecified atom stereocenters. The number of hydrogen-bond acceptors (Lipinski definition) is 1. The topological polar surface area (TPSA) is 26.0 Å². The van der Waals surface area contributed by atoms with E-state index in [0.717, 1.165) is 5.56 Å². The van der Waals surface area contributed by atoms with Gasteiger partial charge in [0.2, 0.25) is 0 Å². The molecule has 80 valence electrons. The second-order valence-electron chi connectivity index (χ2n) is 3.23. The molecule has 1 aromatic carbocycles. The predicted octanol–water partition coefficient (Wildman–Crippen LogP) is 2.78. The van der Waals surface area contributed by atoms with Gasteiger partial charge in [-0.15, -0.1) is 12.4 Å². The van der Waals surface area contributed by atoms with Crippen molar-refractivity contribution in [3.05, 3.63) is 34.9 Å². The molecule has 0 aliphatic rings.